The van der Waals surface area contributed by atoms with Crippen LogP contribution in [0.4, 0.5) is 0 Å². The summed E-state index contributed by atoms with van der Waals surface area (Å²) >= 11 is 7.62. The van der Waals surface area contributed by atoms with E-state index in [4.69, 9.17) is 16.6 Å². The lowest BCUT2D eigenvalue weighted by Gasteiger charge is -2.11. The van der Waals surface area contributed by atoms with Crippen LogP contribution in [0.5, 0.6) is 0 Å². The van der Waals surface area contributed by atoms with Gasteiger partial charge >= 0.3 is 0 Å². The Labute approximate surface area is 196 Å². The number of pyridine rings is 1. The molecule has 3 aromatic heterocycles. The number of nitrogens with zero attached hydrogens (tertiary/aromatic N) is 5. The van der Waals surface area contributed by atoms with Gasteiger partial charge in [-0.1, -0.05) is 55.6 Å². The van der Waals surface area contributed by atoms with E-state index in [0.29, 0.717) is 16.4 Å². The molecular formula is C24H26ClN5OS. The lowest BCUT2D eigenvalue weighted by atomic mass is 10.2. The number of thioether (sulfide) groups is 1. The van der Waals surface area contributed by atoms with Crippen LogP contribution in [0.15, 0.2) is 58.6 Å². The summed E-state index contributed by atoms with van der Waals surface area (Å²) in [5.74, 6) is 1.39. The zero-order chi connectivity index (χ0) is 22.5. The van der Waals surface area contributed by atoms with Gasteiger partial charge in [-0.15, -0.1) is 10.2 Å². The average molecular weight is 468 g/mol. The molecule has 0 saturated heterocycles. The van der Waals surface area contributed by atoms with Gasteiger partial charge in [0.1, 0.15) is 5.65 Å². The number of rotatable bonds is 9. The van der Waals surface area contributed by atoms with Crippen molar-refractivity contribution in [1.82, 2.24) is 24.1 Å². The zero-order valence-electron chi connectivity index (χ0n) is 18.3. The summed E-state index contributed by atoms with van der Waals surface area (Å²) in [6.45, 7) is 5.02. The van der Waals surface area contributed by atoms with E-state index in [-0.39, 0.29) is 5.56 Å². The first-order valence-electron chi connectivity index (χ1n) is 10.9. The quantitative estimate of drug-likeness (QED) is 0.230. The van der Waals surface area contributed by atoms with Crippen molar-refractivity contribution in [2.24, 2.45) is 0 Å². The Morgan fingerprint density at radius 2 is 1.88 bits per heavy atom. The third-order valence-electron chi connectivity index (χ3n) is 5.34. The molecule has 32 heavy (non-hydrogen) atoms. The summed E-state index contributed by atoms with van der Waals surface area (Å²) in [6.07, 6.45) is 6.39. The summed E-state index contributed by atoms with van der Waals surface area (Å²) in [5, 5.41) is 10.5. The van der Waals surface area contributed by atoms with Gasteiger partial charge < -0.3 is 4.57 Å². The average Bonchev–Trinajstić information content (AvgIpc) is 3.19. The second kappa shape index (κ2) is 10.3. The summed E-state index contributed by atoms with van der Waals surface area (Å²) in [5.41, 5.74) is 3.32. The van der Waals surface area contributed by atoms with Crippen LogP contribution in [-0.4, -0.2) is 24.1 Å². The van der Waals surface area contributed by atoms with Gasteiger partial charge in [0.2, 0.25) is 0 Å². The van der Waals surface area contributed by atoms with Crippen molar-refractivity contribution in [1.29, 1.82) is 0 Å². The van der Waals surface area contributed by atoms with Gasteiger partial charge in [0.25, 0.3) is 5.56 Å². The minimum absolute atomic E-state index is 0.0721. The standard InChI is InChI=1S/C24H26ClN5OS/c1-3-4-5-6-13-30-23(18-9-11-19(25)12-10-18)27-28-24(30)32-16-20-15-21(31)29-14-7-8-17(2)22(29)26-20/h7-12,14-15H,3-6,13,16H2,1-2H3. The topological polar surface area (TPSA) is 65.1 Å². The highest BCUT2D eigenvalue weighted by Crippen LogP contribution is 2.27. The Bertz CT molecular complexity index is 1270. The maximum atomic E-state index is 12.5. The van der Waals surface area contributed by atoms with Gasteiger partial charge in [0, 0.05) is 35.1 Å². The lowest BCUT2D eigenvalue weighted by molar-refractivity contribution is 0.556. The predicted molar refractivity (Wildman–Crippen MR) is 130 cm³/mol. The molecule has 0 atom stereocenters. The van der Waals surface area contributed by atoms with E-state index in [9.17, 15) is 4.79 Å². The van der Waals surface area contributed by atoms with Crippen molar-refractivity contribution < 1.29 is 0 Å². The Morgan fingerprint density at radius 3 is 2.66 bits per heavy atom. The molecule has 4 aromatic rings. The predicted octanol–water partition coefficient (Wildman–Crippen LogP) is 5.79. The third-order valence-corrected chi connectivity index (χ3v) is 6.60. The number of hydrogen-bond donors (Lipinski definition) is 0. The van der Waals surface area contributed by atoms with Gasteiger partial charge in [0.15, 0.2) is 11.0 Å². The van der Waals surface area contributed by atoms with Crippen molar-refractivity contribution in [3.05, 3.63) is 75.3 Å². The molecule has 0 aliphatic carbocycles. The summed E-state index contributed by atoms with van der Waals surface area (Å²) in [4.78, 5) is 17.2. The SMILES string of the molecule is CCCCCCn1c(SCc2cc(=O)n3cccc(C)c3n2)nnc1-c1ccc(Cl)cc1. The Balaban J connectivity index is 1.60. The molecule has 4 rings (SSSR count). The van der Waals surface area contributed by atoms with E-state index < -0.39 is 0 Å². The molecule has 0 bridgehead atoms. The number of halogens is 1. The number of aromatic nitrogens is 5. The molecule has 0 fully saturated rings. The lowest BCUT2D eigenvalue weighted by Crippen LogP contribution is -2.15. The molecule has 0 aliphatic rings. The molecule has 1 aromatic carbocycles. The highest BCUT2D eigenvalue weighted by molar-refractivity contribution is 7.98. The number of unbranched alkanes of at least 4 members (excludes halogenated alkanes) is 3. The van der Waals surface area contributed by atoms with E-state index in [1.165, 1.54) is 19.3 Å². The van der Waals surface area contributed by atoms with E-state index >= 15 is 0 Å². The number of fused-ring (bicyclic) bond motifs is 1. The minimum Gasteiger partial charge on any atom is -0.302 e. The highest BCUT2D eigenvalue weighted by Gasteiger charge is 2.15. The van der Waals surface area contributed by atoms with Gasteiger partial charge in [-0.3, -0.25) is 9.20 Å². The van der Waals surface area contributed by atoms with Gasteiger partial charge in [-0.2, -0.15) is 0 Å². The van der Waals surface area contributed by atoms with Crippen molar-refractivity contribution >= 4 is 29.0 Å². The van der Waals surface area contributed by atoms with Crippen LogP contribution in [0.2, 0.25) is 5.02 Å². The fraction of sp³-hybridized carbons (Fsp3) is 0.333. The highest BCUT2D eigenvalue weighted by atomic mass is 35.5. The van der Waals surface area contributed by atoms with E-state index in [1.54, 1.807) is 28.4 Å². The second-order valence-corrected chi connectivity index (χ2v) is 9.16. The molecule has 8 heteroatoms. The summed E-state index contributed by atoms with van der Waals surface area (Å²) in [6, 6.07) is 13.1. The van der Waals surface area contributed by atoms with E-state index in [2.05, 4.69) is 21.7 Å². The van der Waals surface area contributed by atoms with Crippen molar-refractivity contribution in [3.8, 4) is 11.4 Å². The molecule has 0 aliphatic heterocycles. The molecule has 3 heterocycles. The fourth-order valence-corrected chi connectivity index (χ4v) is 4.61. The third kappa shape index (κ3) is 5.05. The Hall–Kier alpha value is -2.64. The van der Waals surface area contributed by atoms with Crippen molar-refractivity contribution in [2.75, 3.05) is 0 Å². The van der Waals surface area contributed by atoms with Crippen molar-refractivity contribution in [3.63, 3.8) is 0 Å². The smallest absolute Gasteiger partial charge is 0.258 e. The number of benzene rings is 1. The number of aryl methyl sites for hydroxylation is 1. The Kier molecular flexibility index (Phi) is 7.27. The second-order valence-electron chi connectivity index (χ2n) is 7.78. The summed E-state index contributed by atoms with van der Waals surface area (Å²) < 4.78 is 3.75. The molecule has 0 amide bonds. The molecule has 0 N–H and O–H groups in total. The molecule has 0 spiro atoms. The first-order valence-corrected chi connectivity index (χ1v) is 12.2. The van der Waals surface area contributed by atoms with E-state index in [0.717, 1.165) is 40.8 Å². The van der Waals surface area contributed by atoms with Crippen LogP contribution >= 0.6 is 23.4 Å². The van der Waals surface area contributed by atoms with Crippen LogP contribution < -0.4 is 5.56 Å². The van der Waals surface area contributed by atoms with Crippen LogP contribution in [0, 0.1) is 6.92 Å². The molecule has 0 unspecified atom stereocenters. The normalized spacial score (nSPS) is 11.3. The van der Waals surface area contributed by atoms with Crippen LogP contribution in [0.1, 0.15) is 43.9 Å². The van der Waals surface area contributed by atoms with E-state index in [1.807, 2.05) is 43.3 Å². The zero-order valence-corrected chi connectivity index (χ0v) is 19.9. The Morgan fingerprint density at radius 1 is 1.06 bits per heavy atom. The van der Waals surface area contributed by atoms with Gasteiger partial charge in [0.05, 0.1) is 5.69 Å². The van der Waals surface area contributed by atoms with Crippen LogP contribution in [0.25, 0.3) is 17.0 Å². The van der Waals surface area contributed by atoms with Crippen LogP contribution in [-0.2, 0) is 12.3 Å². The number of hydrogen-bond acceptors (Lipinski definition) is 5. The monoisotopic (exact) mass is 467 g/mol. The molecule has 0 radical (unpaired) electrons. The first-order chi connectivity index (χ1) is 15.6. The minimum atomic E-state index is -0.0721. The maximum Gasteiger partial charge on any atom is 0.258 e. The first kappa shape index (κ1) is 22.6. The maximum absolute atomic E-state index is 12.5. The van der Waals surface area contributed by atoms with Gasteiger partial charge in [-0.25, -0.2) is 4.98 Å². The molecular weight excluding hydrogens is 442 g/mol. The fourth-order valence-electron chi connectivity index (χ4n) is 3.63. The summed E-state index contributed by atoms with van der Waals surface area (Å²) in [7, 11) is 0. The molecule has 166 valence electrons. The largest absolute Gasteiger partial charge is 0.302 e. The molecule has 0 saturated carbocycles. The molecule has 6 nitrogen and oxygen atoms in total. The van der Waals surface area contributed by atoms with Crippen molar-refractivity contribution in [2.45, 2.75) is 57.0 Å². The van der Waals surface area contributed by atoms with Crippen LogP contribution in [0.3, 0.4) is 0 Å². The van der Waals surface area contributed by atoms with Gasteiger partial charge in [-0.05, 0) is 49.2 Å².